The highest BCUT2D eigenvalue weighted by Gasteiger charge is 2.21. The van der Waals surface area contributed by atoms with Crippen LogP contribution in [0.25, 0.3) is 0 Å². The number of allylic oxidation sites excluding steroid dienone is 6. The molecule has 0 bridgehead atoms. The molecule has 0 atom stereocenters. The molecule has 1 aliphatic heterocycles. The van der Waals surface area contributed by atoms with Crippen molar-refractivity contribution in [2.75, 3.05) is 0 Å². The zero-order valence-electron chi connectivity index (χ0n) is 8.10. The third-order valence-corrected chi connectivity index (χ3v) is 3.53. The molecule has 1 nitrogen and oxygen atoms in total. The van der Waals surface area contributed by atoms with Crippen LogP contribution < -0.4 is 4.99 Å². The Morgan fingerprint density at radius 3 is 2.93 bits per heavy atom. The first-order chi connectivity index (χ1) is 7.43. The van der Waals surface area contributed by atoms with Gasteiger partial charge in [-0.3, -0.25) is 0 Å². The highest BCUT2D eigenvalue weighted by atomic mass is 32.2. The fourth-order valence-electron chi connectivity index (χ4n) is 1.65. The van der Waals surface area contributed by atoms with Crippen molar-refractivity contribution in [1.82, 2.24) is 0 Å². The van der Waals surface area contributed by atoms with Crippen LogP contribution in [-0.4, -0.2) is 5.71 Å². The Kier molecular flexibility index (Phi) is 2.07. The standard InChI is InChI=1S/C13H9NS/c1-2-6-10-12(8-3-1)15-13-9-5-4-7-11(13)14-10/h1-9H/p+1. The summed E-state index contributed by atoms with van der Waals surface area (Å²) in [6.07, 6.45) is 10.4. The van der Waals surface area contributed by atoms with Gasteiger partial charge < -0.3 is 0 Å². The molecule has 2 aliphatic rings. The highest BCUT2D eigenvalue weighted by Crippen LogP contribution is 2.33. The average Bonchev–Trinajstić information content (AvgIpc) is 2.50. The fraction of sp³-hybridized carbons (Fsp3) is 0. The number of nitrogens with one attached hydrogen (secondary N) is 1. The second-order valence-electron chi connectivity index (χ2n) is 3.41. The number of thioether (sulfide) groups is 1. The van der Waals surface area contributed by atoms with Crippen LogP contribution in [0.5, 0.6) is 0 Å². The topological polar surface area (TPSA) is 14.0 Å². The predicted molar refractivity (Wildman–Crippen MR) is 64.3 cm³/mol. The van der Waals surface area contributed by atoms with Crippen molar-refractivity contribution in [2.24, 2.45) is 0 Å². The van der Waals surface area contributed by atoms with Crippen LogP contribution in [0.3, 0.4) is 0 Å². The summed E-state index contributed by atoms with van der Waals surface area (Å²) in [6.45, 7) is 0. The molecule has 0 aromatic heterocycles. The Morgan fingerprint density at radius 2 is 1.93 bits per heavy atom. The van der Waals surface area contributed by atoms with Crippen molar-refractivity contribution in [1.29, 1.82) is 0 Å². The molecule has 0 unspecified atom stereocenters. The third-order valence-electron chi connectivity index (χ3n) is 2.37. The lowest BCUT2D eigenvalue weighted by molar-refractivity contribution is -0.355. The maximum atomic E-state index is 3.44. The van der Waals surface area contributed by atoms with Gasteiger partial charge in [-0.25, -0.2) is 4.99 Å². The van der Waals surface area contributed by atoms with E-state index >= 15 is 0 Å². The largest absolute Gasteiger partial charge is 0.218 e. The molecule has 0 spiro atoms. The van der Waals surface area contributed by atoms with Crippen LogP contribution in [0.2, 0.25) is 0 Å². The summed E-state index contributed by atoms with van der Waals surface area (Å²) >= 11 is 1.81. The summed E-state index contributed by atoms with van der Waals surface area (Å²) in [4.78, 5) is 6.00. The van der Waals surface area contributed by atoms with Crippen molar-refractivity contribution in [3.8, 4) is 0 Å². The van der Waals surface area contributed by atoms with Crippen molar-refractivity contribution < 1.29 is 4.99 Å². The third kappa shape index (κ3) is 1.57. The van der Waals surface area contributed by atoms with Gasteiger partial charge in [0.1, 0.15) is 0 Å². The molecule has 15 heavy (non-hydrogen) atoms. The van der Waals surface area contributed by atoms with Gasteiger partial charge in [0.2, 0.25) is 11.4 Å². The van der Waals surface area contributed by atoms with E-state index in [-0.39, 0.29) is 0 Å². The van der Waals surface area contributed by atoms with Gasteiger partial charge in [0.05, 0.1) is 9.80 Å². The van der Waals surface area contributed by atoms with Crippen LogP contribution in [0.1, 0.15) is 0 Å². The van der Waals surface area contributed by atoms with Crippen molar-refractivity contribution >= 4 is 23.2 Å². The van der Waals surface area contributed by atoms with Crippen molar-refractivity contribution in [3.05, 3.63) is 59.6 Å². The normalized spacial score (nSPS) is 17.3. The lowest BCUT2D eigenvalue weighted by atomic mass is 10.2. The number of para-hydroxylation sites is 1. The summed E-state index contributed by atoms with van der Waals surface area (Å²) < 4.78 is 0. The first-order valence-corrected chi connectivity index (χ1v) is 5.71. The minimum absolute atomic E-state index is 1.18. The van der Waals surface area contributed by atoms with Gasteiger partial charge in [-0.1, -0.05) is 42.1 Å². The second kappa shape index (κ2) is 3.55. The number of rotatable bonds is 0. The molecule has 1 N–H and O–H groups in total. The molecule has 3 rings (SSSR count). The van der Waals surface area contributed by atoms with Gasteiger partial charge in [0.15, 0.2) is 0 Å². The van der Waals surface area contributed by atoms with E-state index in [2.05, 4.69) is 53.6 Å². The molecule has 0 amide bonds. The predicted octanol–water partition coefficient (Wildman–Crippen LogP) is 1.96. The molecule has 72 valence electrons. The van der Waals surface area contributed by atoms with Crippen molar-refractivity contribution in [2.45, 2.75) is 4.90 Å². The van der Waals surface area contributed by atoms with Crippen LogP contribution in [0.15, 0.2) is 64.4 Å². The summed E-state index contributed by atoms with van der Waals surface area (Å²) in [5.74, 6) is 0. The van der Waals surface area contributed by atoms with Crippen molar-refractivity contribution in [3.63, 3.8) is 0 Å². The molecule has 2 heteroatoms. The summed E-state index contributed by atoms with van der Waals surface area (Å²) in [5.41, 5.74) is 2.38. The van der Waals surface area contributed by atoms with Gasteiger partial charge in [-0.05, 0) is 12.1 Å². The van der Waals surface area contributed by atoms with E-state index < -0.39 is 0 Å². The summed E-state index contributed by atoms with van der Waals surface area (Å²) in [6, 6.07) is 8.38. The number of fused-ring (bicyclic) bond motifs is 2. The monoisotopic (exact) mass is 212 g/mol. The number of benzene rings is 1. The van der Waals surface area contributed by atoms with Gasteiger partial charge in [-0.15, -0.1) is 0 Å². The molecule has 1 aromatic carbocycles. The van der Waals surface area contributed by atoms with E-state index in [0.717, 1.165) is 0 Å². The van der Waals surface area contributed by atoms with Gasteiger partial charge in [-0.2, -0.15) is 0 Å². The van der Waals surface area contributed by atoms with Crippen LogP contribution in [-0.2, 0) is 0 Å². The Hall–Kier alpha value is -1.54. The summed E-state index contributed by atoms with van der Waals surface area (Å²) in [7, 11) is 0. The SMILES string of the molecule is C1=CC=C2Sc3ccccc3[NH+]=C2C=C1. The first-order valence-electron chi connectivity index (χ1n) is 4.90. The van der Waals surface area contributed by atoms with Gasteiger partial charge >= 0.3 is 0 Å². The van der Waals surface area contributed by atoms with E-state index in [4.69, 9.17) is 0 Å². The quantitative estimate of drug-likeness (QED) is 0.694. The Labute approximate surface area is 92.9 Å². The number of hydrogen-bond acceptors (Lipinski definition) is 1. The molecule has 0 saturated carbocycles. The maximum absolute atomic E-state index is 3.44. The minimum atomic E-state index is 1.18. The lowest BCUT2D eigenvalue weighted by Crippen LogP contribution is -2.67. The fourth-order valence-corrected chi connectivity index (χ4v) is 2.63. The summed E-state index contributed by atoms with van der Waals surface area (Å²) in [5, 5.41) is 0. The lowest BCUT2D eigenvalue weighted by Gasteiger charge is -2.08. The zero-order chi connectivity index (χ0) is 10.1. The maximum Gasteiger partial charge on any atom is 0.218 e. The Balaban J connectivity index is 2.17. The van der Waals surface area contributed by atoms with Gasteiger partial charge in [0.25, 0.3) is 0 Å². The molecule has 1 heterocycles. The van der Waals surface area contributed by atoms with Crippen LogP contribution in [0.4, 0.5) is 5.69 Å². The van der Waals surface area contributed by atoms with E-state index in [0.29, 0.717) is 0 Å². The van der Waals surface area contributed by atoms with E-state index in [9.17, 15) is 0 Å². The zero-order valence-corrected chi connectivity index (χ0v) is 8.92. The average molecular weight is 212 g/mol. The highest BCUT2D eigenvalue weighted by molar-refractivity contribution is 8.04. The molecule has 0 radical (unpaired) electrons. The van der Waals surface area contributed by atoms with Gasteiger partial charge in [0, 0.05) is 12.1 Å². The first kappa shape index (κ1) is 8.74. The molecule has 1 aromatic rings. The minimum Gasteiger partial charge on any atom is -0.203 e. The molecular weight excluding hydrogens is 202 g/mol. The molecular formula is C13H10NS+. The van der Waals surface area contributed by atoms with Crippen LogP contribution in [0, 0.1) is 0 Å². The van der Waals surface area contributed by atoms with E-state index in [1.54, 1.807) is 0 Å². The molecule has 0 saturated heterocycles. The molecule has 0 fully saturated rings. The Morgan fingerprint density at radius 1 is 1.00 bits per heavy atom. The number of hydrogen-bond donors (Lipinski definition) is 1. The van der Waals surface area contributed by atoms with Crippen LogP contribution >= 0.6 is 11.8 Å². The second-order valence-corrected chi connectivity index (χ2v) is 4.50. The van der Waals surface area contributed by atoms with E-state index in [1.807, 2.05) is 17.8 Å². The van der Waals surface area contributed by atoms with E-state index in [1.165, 1.54) is 21.2 Å². The Bertz CT molecular complexity index is 521. The molecule has 1 aliphatic carbocycles. The smallest absolute Gasteiger partial charge is 0.203 e.